The lowest BCUT2D eigenvalue weighted by atomic mass is 9.81. The van der Waals surface area contributed by atoms with Crippen LogP contribution in [0.1, 0.15) is 233 Å². The third-order valence-electron chi connectivity index (χ3n) is 9.66. The Hall–Kier alpha value is -0.0800. The summed E-state index contributed by atoms with van der Waals surface area (Å²) < 4.78 is 0. The predicted molar refractivity (Wildman–Crippen MR) is 183 cm³/mol. The summed E-state index contributed by atoms with van der Waals surface area (Å²) in [7, 11) is 1.85. The van der Waals surface area contributed by atoms with Gasteiger partial charge >= 0.3 is 0 Å². The normalized spacial score (nSPS) is 12.2. The van der Waals surface area contributed by atoms with Crippen molar-refractivity contribution in [2.75, 3.05) is 7.05 Å². The minimum Gasteiger partial charge on any atom is -0.785 e. The van der Waals surface area contributed by atoms with Gasteiger partial charge in [0.2, 0.25) is 0 Å². The first-order valence-electron chi connectivity index (χ1n) is 19.0. The van der Waals surface area contributed by atoms with Gasteiger partial charge in [-0.3, -0.25) is 0 Å². The highest BCUT2D eigenvalue weighted by molar-refractivity contribution is 4.89. The third kappa shape index (κ3) is 25.6. The largest absolute Gasteiger partial charge is 0.785 e. The summed E-state index contributed by atoms with van der Waals surface area (Å²) in [6.45, 7) is 6.89. The summed E-state index contributed by atoms with van der Waals surface area (Å²) in [5.41, 5.74) is -0.0968. The van der Waals surface area contributed by atoms with E-state index in [4.69, 9.17) is 0 Å². The van der Waals surface area contributed by atoms with Crippen LogP contribution in [0, 0.1) is 5.21 Å². The lowest BCUT2D eigenvalue weighted by Gasteiger charge is -2.47. The fourth-order valence-electron chi connectivity index (χ4n) is 6.67. The van der Waals surface area contributed by atoms with Crippen molar-refractivity contribution >= 4 is 0 Å². The minimum atomic E-state index is -0.0968. The molecule has 242 valence electrons. The zero-order valence-electron chi connectivity index (χ0n) is 28.7. The monoisotopic (exact) mass is 565 g/mol. The SMILES string of the molecule is CCCCCCCCCCCCC(CCCCCCCCCCCC)(CCCCCCCCCCCC)N(C)[O-]. The van der Waals surface area contributed by atoms with E-state index in [0.29, 0.717) is 0 Å². The van der Waals surface area contributed by atoms with Crippen molar-refractivity contribution in [1.29, 1.82) is 0 Å². The van der Waals surface area contributed by atoms with Gasteiger partial charge in [-0.15, -0.1) is 0 Å². The molecule has 0 heterocycles. The molecule has 0 aliphatic rings. The molecular formula is C38H78NO-. The molecular weight excluding hydrogens is 486 g/mol. The zero-order chi connectivity index (χ0) is 29.4. The van der Waals surface area contributed by atoms with Crippen molar-refractivity contribution in [1.82, 2.24) is 5.06 Å². The summed E-state index contributed by atoms with van der Waals surface area (Å²) in [5, 5.41) is 14.5. The first kappa shape index (κ1) is 39.9. The Balaban J connectivity index is 4.38. The molecule has 0 bridgehead atoms. The van der Waals surface area contributed by atoms with E-state index in [1.54, 1.807) is 0 Å². The Labute approximate surface area is 255 Å². The summed E-state index contributed by atoms with van der Waals surface area (Å²) in [4.78, 5) is 0. The molecule has 0 aromatic heterocycles. The van der Waals surface area contributed by atoms with E-state index < -0.39 is 0 Å². The summed E-state index contributed by atoms with van der Waals surface area (Å²) in [5.74, 6) is 0. The van der Waals surface area contributed by atoms with E-state index in [0.717, 1.165) is 19.3 Å². The highest BCUT2D eigenvalue weighted by Crippen LogP contribution is 2.34. The number of rotatable bonds is 34. The van der Waals surface area contributed by atoms with Gasteiger partial charge < -0.3 is 10.3 Å². The van der Waals surface area contributed by atoms with Gasteiger partial charge in [0.05, 0.1) is 0 Å². The van der Waals surface area contributed by atoms with E-state index >= 15 is 0 Å². The van der Waals surface area contributed by atoms with Crippen LogP contribution >= 0.6 is 0 Å². The van der Waals surface area contributed by atoms with Crippen molar-refractivity contribution < 1.29 is 0 Å². The van der Waals surface area contributed by atoms with E-state index in [9.17, 15) is 5.21 Å². The number of hydrogen-bond acceptors (Lipinski definition) is 2. The van der Waals surface area contributed by atoms with Gasteiger partial charge in [0.25, 0.3) is 0 Å². The molecule has 0 saturated heterocycles. The summed E-state index contributed by atoms with van der Waals surface area (Å²) >= 11 is 0. The van der Waals surface area contributed by atoms with Gasteiger partial charge in [0, 0.05) is 5.54 Å². The van der Waals surface area contributed by atoms with E-state index in [1.807, 2.05) is 7.05 Å². The maximum atomic E-state index is 13.1. The zero-order valence-corrected chi connectivity index (χ0v) is 28.7. The molecule has 0 spiro atoms. The van der Waals surface area contributed by atoms with Crippen LogP contribution < -0.4 is 0 Å². The van der Waals surface area contributed by atoms with Crippen LogP contribution in [0.15, 0.2) is 0 Å². The number of hydroxylamine groups is 2. The van der Waals surface area contributed by atoms with Gasteiger partial charge in [-0.2, -0.15) is 0 Å². The second-order valence-electron chi connectivity index (χ2n) is 13.5. The quantitative estimate of drug-likeness (QED) is 0.0574. The molecule has 0 aliphatic carbocycles. The van der Waals surface area contributed by atoms with Crippen LogP contribution in [0.25, 0.3) is 0 Å². The van der Waals surface area contributed by atoms with Crippen molar-refractivity contribution in [3.05, 3.63) is 5.21 Å². The van der Waals surface area contributed by atoms with Crippen molar-refractivity contribution in [2.45, 2.75) is 238 Å². The summed E-state index contributed by atoms with van der Waals surface area (Å²) in [6.07, 6.45) is 44.6. The lowest BCUT2D eigenvalue weighted by molar-refractivity contribution is 0.124. The van der Waals surface area contributed by atoms with Crippen LogP contribution in [0.5, 0.6) is 0 Å². The molecule has 0 aromatic carbocycles. The molecule has 0 rings (SSSR count). The van der Waals surface area contributed by atoms with E-state index in [-0.39, 0.29) is 5.54 Å². The minimum absolute atomic E-state index is 0.0968. The maximum Gasteiger partial charge on any atom is 0.00884 e. The first-order valence-corrected chi connectivity index (χ1v) is 19.0. The van der Waals surface area contributed by atoms with Crippen molar-refractivity contribution in [2.24, 2.45) is 0 Å². The Morgan fingerprint density at radius 1 is 0.325 bits per heavy atom. The average molecular weight is 565 g/mol. The number of nitrogens with zero attached hydrogens (tertiary/aromatic N) is 1. The number of unbranched alkanes of at least 4 members (excludes halogenated alkanes) is 27. The Kier molecular flexibility index (Phi) is 31.8. The molecule has 0 radical (unpaired) electrons. The Morgan fingerprint density at radius 3 is 0.675 bits per heavy atom. The smallest absolute Gasteiger partial charge is 0.00884 e. The van der Waals surface area contributed by atoms with Gasteiger partial charge in [-0.25, -0.2) is 0 Å². The molecule has 0 aliphatic heterocycles. The van der Waals surface area contributed by atoms with E-state index in [2.05, 4.69) is 20.8 Å². The first-order chi connectivity index (χ1) is 19.6. The molecule has 2 nitrogen and oxygen atoms in total. The summed E-state index contributed by atoms with van der Waals surface area (Å²) in [6, 6.07) is 0. The van der Waals surface area contributed by atoms with Crippen molar-refractivity contribution in [3.8, 4) is 0 Å². The Morgan fingerprint density at radius 2 is 0.500 bits per heavy atom. The molecule has 40 heavy (non-hydrogen) atoms. The van der Waals surface area contributed by atoms with Gasteiger partial charge in [0.15, 0.2) is 0 Å². The van der Waals surface area contributed by atoms with Crippen molar-refractivity contribution in [3.63, 3.8) is 0 Å². The standard InChI is InChI=1S/C38H78NO/c1-5-8-11-14-17-20-23-26-29-32-35-38(39(4)40,36-33-30-27-24-21-18-15-12-9-6-2)37-34-31-28-25-22-19-16-13-10-7-3/h5-37H2,1-4H3/q-1. The molecule has 2 heteroatoms. The molecule has 0 fully saturated rings. The van der Waals surface area contributed by atoms with Crippen LogP contribution in [-0.4, -0.2) is 17.6 Å². The molecule has 0 unspecified atom stereocenters. The molecule has 0 atom stereocenters. The third-order valence-corrected chi connectivity index (χ3v) is 9.66. The molecule has 0 saturated carbocycles. The molecule has 0 aromatic rings. The van der Waals surface area contributed by atoms with Crippen LogP contribution in [-0.2, 0) is 0 Å². The van der Waals surface area contributed by atoms with Gasteiger partial charge in [-0.05, 0) is 26.3 Å². The van der Waals surface area contributed by atoms with Crippen LogP contribution in [0.2, 0.25) is 0 Å². The second-order valence-corrected chi connectivity index (χ2v) is 13.5. The lowest BCUT2D eigenvalue weighted by Crippen LogP contribution is -2.43. The van der Waals surface area contributed by atoms with Gasteiger partial charge in [-0.1, -0.05) is 213 Å². The topological polar surface area (TPSA) is 26.3 Å². The molecule has 0 N–H and O–H groups in total. The van der Waals surface area contributed by atoms with E-state index in [1.165, 1.54) is 198 Å². The fourth-order valence-corrected chi connectivity index (χ4v) is 6.67. The predicted octanol–water partition coefficient (Wildman–Crippen LogP) is 14.1. The Bertz CT molecular complexity index is 403. The van der Waals surface area contributed by atoms with Gasteiger partial charge in [0.1, 0.15) is 0 Å². The second kappa shape index (κ2) is 31.8. The highest BCUT2D eigenvalue weighted by atomic mass is 16.5. The number of hydrogen-bond donors (Lipinski definition) is 0. The maximum absolute atomic E-state index is 13.1. The van der Waals surface area contributed by atoms with Crippen LogP contribution in [0.3, 0.4) is 0 Å². The highest BCUT2D eigenvalue weighted by Gasteiger charge is 2.28. The molecule has 0 amide bonds. The average Bonchev–Trinajstić information content (AvgIpc) is 2.95. The fraction of sp³-hybridized carbons (Fsp3) is 1.00. The van der Waals surface area contributed by atoms with Crippen LogP contribution in [0.4, 0.5) is 0 Å².